The van der Waals surface area contributed by atoms with Gasteiger partial charge >= 0.3 is 0 Å². The number of carbonyl (C=O) groups excluding carboxylic acids is 1. The molecule has 106 valence electrons. The Kier molecular flexibility index (Phi) is 4.16. The minimum Gasteiger partial charge on any atom is -0.336 e. The smallest absolute Gasteiger partial charge is 0.273 e. The molecule has 0 aromatic carbocycles. The molecular formula is C10H12F2N2O3S2. The van der Waals surface area contributed by atoms with Gasteiger partial charge in [-0.2, -0.15) is 0 Å². The van der Waals surface area contributed by atoms with Crippen LogP contribution >= 0.6 is 11.3 Å². The lowest BCUT2D eigenvalue weighted by Crippen LogP contribution is -2.35. The average molecular weight is 310 g/mol. The third-order valence-corrected chi connectivity index (χ3v) is 5.03. The predicted octanol–water partition coefficient (Wildman–Crippen LogP) is 1.06. The first-order valence-corrected chi connectivity index (χ1v) is 8.06. The summed E-state index contributed by atoms with van der Waals surface area (Å²) in [6.45, 7) is 0.283. The minimum absolute atomic E-state index is 0.00664. The highest BCUT2D eigenvalue weighted by molar-refractivity contribution is 7.89. The number of hydrogen-bond acceptors (Lipinski definition) is 4. The highest BCUT2D eigenvalue weighted by atomic mass is 32.2. The second-order valence-electron chi connectivity index (χ2n) is 4.00. The normalized spacial score (nSPS) is 19.4. The predicted molar refractivity (Wildman–Crippen MR) is 67.0 cm³/mol. The van der Waals surface area contributed by atoms with Crippen LogP contribution in [0.25, 0.3) is 0 Å². The van der Waals surface area contributed by atoms with Crippen molar-refractivity contribution in [2.75, 3.05) is 25.4 Å². The molecule has 1 aliphatic heterocycles. The van der Waals surface area contributed by atoms with Crippen molar-refractivity contribution in [1.82, 2.24) is 9.62 Å². The van der Waals surface area contributed by atoms with Gasteiger partial charge in [0.25, 0.3) is 12.3 Å². The van der Waals surface area contributed by atoms with Crippen LogP contribution in [-0.4, -0.2) is 44.6 Å². The van der Waals surface area contributed by atoms with Gasteiger partial charge in [0, 0.05) is 19.6 Å². The molecule has 0 atom stereocenters. The molecule has 19 heavy (non-hydrogen) atoms. The molecule has 1 aromatic heterocycles. The summed E-state index contributed by atoms with van der Waals surface area (Å²) in [6, 6.07) is 1.35. The van der Waals surface area contributed by atoms with Crippen LogP contribution in [0.4, 0.5) is 8.78 Å². The molecule has 1 N–H and O–H groups in total. The maximum absolute atomic E-state index is 12.7. The number of nitrogens with one attached hydrogen (secondary N) is 1. The number of amides is 1. The van der Waals surface area contributed by atoms with Gasteiger partial charge in [-0.1, -0.05) is 0 Å². The van der Waals surface area contributed by atoms with Crippen molar-refractivity contribution in [3.8, 4) is 0 Å². The van der Waals surface area contributed by atoms with E-state index in [1.165, 1.54) is 16.3 Å². The molecule has 1 aromatic rings. The largest absolute Gasteiger partial charge is 0.336 e. The van der Waals surface area contributed by atoms with Crippen molar-refractivity contribution >= 4 is 27.3 Å². The fourth-order valence-corrected chi connectivity index (χ4v) is 3.53. The van der Waals surface area contributed by atoms with Crippen molar-refractivity contribution in [1.29, 1.82) is 0 Å². The summed E-state index contributed by atoms with van der Waals surface area (Å²) < 4.78 is 50.4. The highest BCUT2D eigenvalue weighted by Crippen LogP contribution is 2.29. The van der Waals surface area contributed by atoms with Gasteiger partial charge in [0.15, 0.2) is 0 Å². The molecule has 5 nitrogen and oxygen atoms in total. The summed E-state index contributed by atoms with van der Waals surface area (Å²) in [7, 11) is -3.37. The van der Waals surface area contributed by atoms with E-state index in [1.807, 2.05) is 0 Å². The molecule has 0 aliphatic carbocycles. The van der Waals surface area contributed by atoms with E-state index in [4.69, 9.17) is 0 Å². The second kappa shape index (κ2) is 5.51. The van der Waals surface area contributed by atoms with Crippen molar-refractivity contribution in [3.63, 3.8) is 0 Å². The maximum Gasteiger partial charge on any atom is 0.273 e. The SMILES string of the molecule is O=C(c1ccsc1C(F)F)N1CCNS(=O)(=O)CC1. The summed E-state index contributed by atoms with van der Waals surface area (Å²) in [5, 5.41) is 1.43. The Hall–Kier alpha value is -1.06. The molecule has 0 saturated carbocycles. The van der Waals surface area contributed by atoms with E-state index in [0.717, 1.165) is 11.3 Å². The minimum atomic E-state index is -3.37. The number of carbonyl (C=O) groups is 1. The Morgan fingerprint density at radius 3 is 2.84 bits per heavy atom. The van der Waals surface area contributed by atoms with E-state index in [1.54, 1.807) is 0 Å². The van der Waals surface area contributed by atoms with Crippen molar-refractivity contribution in [2.45, 2.75) is 6.43 Å². The molecule has 2 rings (SSSR count). The zero-order chi connectivity index (χ0) is 14.0. The summed E-state index contributed by atoms with van der Waals surface area (Å²) in [5.41, 5.74) is -0.0423. The van der Waals surface area contributed by atoms with Gasteiger partial charge in [-0.3, -0.25) is 4.79 Å². The summed E-state index contributed by atoms with van der Waals surface area (Å²) in [5.74, 6) is -0.761. The van der Waals surface area contributed by atoms with Crippen LogP contribution in [0.15, 0.2) is 11.4 Å². The van der Waals surface area contributed by atoms with Crippen LogP contribution in [0.5, 0.6) is 0 Å². The number of hydrogen-bond donors (Lipinski definition) is 1. The number of halogens is 2. The van der Waals surface area contributed by atoms with Gasteiger partial charge < -0.3 is 4.90 Å². The van der Waals surface area contributed by atoms with Gasteiger partial charge in [0.05, 0.1) is 16.2 Å². The van der Waals surface area contributed by atoms with E-state index >= 15 is 0 Å². The number of nitrogens with zero attached hydrogens (tertiary/aromatic N) is 1. The monoisotopic (exact) mass is 310 g/mol. The molecule has 1 amide bonds. The van der Waals surface area contributed by atoms with Crippen molar-refractivity contribution in [2.24, 2.45) is 0 Å². The standard InChI is InChI=1S/C10H12F2N2O3S2/c11-9(12)8-7(1-5-18-8)10(15)14-3-2-13-19(16,17)6-4-14/h1,5,9,13H,2-4,6H2. The topological polar surface area (TPSA) is 66.5 Å². The number of rotatable bonds is 2. The fraction of sp³-hybridized carbons (Fsp3) is 0.500. The quantitative estimate of drug-likeness (QED) is 0.888. The summed E-state index contributed by atoms with van der Waals surface area (Å²) >= 11 is 0.824. The molecular weight excluding hydrogens is 298 g/mol. The molecule has 0 unspecified atom stereocenters. The van der Waals surface area contributed by atoms with Crippen LogP contribution in [0.1, 0.15) is 21.7 Å². The molecule has 1 saturated heterocycles. The van der Waals surface area contributed by atoms with E-state index in [9.17, 15) is 22.0 Å². The Balaban J connectivity index is 2.18. The Bertz CT molecular complexity index is 571. The Morgan fingerprint density at radius 2 is 2.16 bits per heavy atom. The van der Waals surface area contributed by atoms with E-state index < -0.39 is 22.4 Å². The van der Waals surface area contributed by atoms with Gasteiger partial charge in [-0.05, 0) is 11.4 Å². The van der Waals surface area contributed by atoms with E-state index in [0.29, 0.717) is 0 Å². The molecule has 1 aliphatic rings. The first kappa shape index (κ1) is 14.4. The summed E-state index contributed by atoms with van der Waals surface area (Å²) in [6.07, 6.45) is -2.70. The zero-order valence-corrected chi connectivity index (χ0v) is 11.4. The third-order valence-electron chi connectivity index (χ3n) is 2.74. The van der Waals surface area contributed by atoms with Crippen LogP contribution in [-0.2, 0) is 10.0 Å². The van der Waals surface area contributed by atoms with E-state index in [-0.39, 0.29) is 35.8 Å². The molecule has 0 radical (unpaired) electrons. The molecule has 1 fully saturated rings. The average Bonchev–Trinajstić information content (AvgIpc) is 2.74. The second-order valence-corrected chi connectivity index (χ2v) is 6.88. The fourth-order valence-electron chi connectivity index (χ4n) is 1.79. The lowest BCUT2D eigenvalue weighted by molar-refractivity contribution is 0.0762. The number of thiophene rings is 1. The van der Waals surface area contributed by atoms with Crippen molar-refractivity contribution < 1.29 is 22.0 Å². The van der Waals surface area contributed by atoms with Crippen LogP contribution < -0.4 is 4.72 Å². The first-order chi connectivity index (χ1) is 8.91. The molecule has 9 heteroatoms. The van der Waals surface area contributed by atoms with E-state index in [2.05, 4.69) is 4.72 Å². The van der Waals surface area contributed by atoms with Crippen molar-refractivity contribution in [3.05, 3.63) is 21.9 Å². The van der Waals surface area contributed by atoms with Gasteiger partial charge in [0.1, 0.15) is 0 Å². The Morgan fingerprint density at radius 1 is 1.42 bits per heavy atom. The lowest BCUT2D eigenvalue weighted by atomic mass is 10.2. The molecule has 0 bridgehead atoms. The number of sulfonamides is 1. The van der Waals surface area contributed by atoms with Crippen LogP contribution in [0.3, 0.4) is 0 Å². The molecule has 2 heterocycles. The maximum atomic E-state index is 12.7. The van der Waals surface area contributed by atoms with Crippen LogP contribution in [0, 0.1) is 0 Å². The zero-order valence-electron chi connectivity index (χ0n) is 9.80. The van der Waals surface area contributed by atoms with Crippen LogP contribution in [0.2, 0.25) is 0 Å². The van der Waals surface area contributed by atoms with Gasteiger partial charge in [-0.25, -0.2) is 21.9 Å². The highest BCUT2D eigenvalue weighted by Gasteiger charge is 2.27. The number of alkyl halides is 2. The first-order valence-electron chi connectivity index (χ1n) is 5.53. The lowest BCUT2D eigenvalue weighted by Gasteiger charge is -2.19. The summed E-state index contributed by atoms with van der Waals surface area (Å²) in [4.78, 5) is 13.1. The van der Waals surface area contributed by atoms with Gasteiger partial charge in [0.2, 0.25) is 10.0 Å². The van der Waals surface area contributed by atoms with Gasteiger partial charge in [-0.15, -0.1) is 11.3 Å². The Labute approximate surface area is 113 Å². The molecule has 0 spiro atoms. The third kappa shape index (κ3) is 3.28.